The molecule has 1 aliphatic rings. The van der Waals surface area contributed by atoms with Crippen molar-refractivity contribution >= 4 is 40.1 Å². The van der Waals surface area contributed by atoms with Gasteiger partial charge in [0.25, 0.3) is 5.92 Å². The van der Waals surface area contributed by atoms with Crippen molar-refractivity contribution in [2.45, 2.75) is 39.2 Å². The van der Waals surface area contributed by atoms with E-state index in [1.165, 1.54) is 19.1 Å². The number of pyridine rings is 1. The molecule has 0 amide bonds. The van der Waals surface area contributed by atoms with Crippen LogP contribution in [0.4, 0.5) is 20.3 Å². The van der Waals surface area contributed by atoms with Crippen LogP contribution in [0.2, 0.25) is 5.15 Å². The van der Waals surface area contributed by atoms with Gasteiger partial charge in [-0.1, -0.05) is 24.6 Å². The molecule has 2 aromatic heterocycles. The first-order valence-electron chi connectivity index (χ1n) is 10.4. The predicted octanol–water partition coefficient (Wildman–Crippen LogP) is 5.19. The van der Waals surface area contributed by atoms with Crippen LogP contribution in [0.5, 0.6) is 0 Å². The van der Waals surface area contributed by atoms with Crippen molar-refractivity contribution in [2.24, 2.45) is 5.41 Å². The minimum Gasteiger partial charge on any atom is -0.476 e. The number of nitriles is 1. The van der Waals surface area contributed by atoms with E-state index in [1.807, 2.05) is 26.0 Å². The SMILES string of the molecule is Cc1cc(C(C)Nc2ccc(Cl)nc2C(=O)O)c2nc(NCC3(C)CC3(F)F)c(C#N)nc2c1. The van der Waals surface area contributed by atoms with Crippen LogP contribution in [0.15, 0.2) is 24.3 Å². The summed E-state index contributed by atoms with van der Waals surface area (Å²) in [5.74, 6) is -3.87. The van der Waals surface area contributed by atoms with Gasteiger partial charge in [-0.15, -0.1) is 0 Å². The van der Waals surface area contributed by atoms with Crippen LogP contribution in [0.1, 0.15) is 53.6 Å². The first-order valence-corrected chi connectivity index (χ1v) is 10.8. The minimum absolute atomic E-state index is 0.00675. The molecule has 2 unspecified atom stereocenters. The molecule has 3 N–H and O–H groups in total. The lowest BCUT2D eigenvalue weighted by Crippen LogP contribution is -2.20. The largest absolute Gasteiger partial charge is 0.476 e. The highest BCUT2D eigenvalue weighted by molar-refractivity contribution is 6.29. The van der Waals surface area contributed by atoms with Gasteiger partial charge in [-0.2, -0.15) is 5.26 Å². The number of aryl methyl sites for hydroxylation is 1. The third kappa shape index (κ3) is 4.31. The third-order valence-corrected chi connectivity index (χ3v) is 6.18. The number of nitrogens with zero attached hydrogens (tertiary/aromatic N) is 4. The Balaban J connectivity index is 1.72. The fourth-order valence-corrected chi connectivity index (χ4v) is 3.95. The Bertz CT molecular complexity index is 1360. The Kier molecular flexibility index (Phi) is 5.77. The zero-order chi connectivity index (χ0) is 24.8. The lowest BCUT2D eigenvalue weighted by atomic mass is 10.0. The number of benzene rings is 1. The molecule has 34 heavy (non-hydrogen) atoms. The normalized spacial score (nSPS) is 19.3. The van der Waals surface area contributed by atoms with E-state index in [0.717, 1.165) is 5.56 Å². The zero-order valence-corrected chi connectivity index (χ0v) is 19.3. The van der Waals surface area contributed by atoms with Gasteiger partial charge in [0.15, 0.2) is 17.2 Å². The van der Waals surface area contributed by atoms with Crippen molar-refractivity contribution < 1.29 is 18.7 Å². The average molecular weight is 487 g/mol. The van der Waals surface area contributed by atoms with Gasteiger partial charge < -0.3 is 15.7 Å². The number of carboxylic acids is 1. The second kappa shape index (κ2) is 8.33. The summed E-state index contributed by atoms with van der Waals surface area (Å²) in [5, 5.41) is 25.1. The molecule has 0 saturated heterocycles. The number of carbonyl (C=O) groups is 1. The van der Waals surface area contributed by atoms with Crippen molar-refractivity contribution in [1.82, 2.24) is 15.0 Å². The molecule has 4 rings (SSSR count). The molecule has 8 nitrogen and oxygen atoms in total. The van der Waals surface area contributed by atoms with Crippen molar-refractivity contribution in [2.75, 3.05) is 17.2 Å². The van der Waals surface area contributed by atoms with Crippen LogP contribution in [0, 0.1) is 23.7 Å². The monoisotopic (exact) mass is 486 g/mol. The first-order chi connectivity index (χ1) is 15.9. The topological polar surface area (TPSA) is 124 Å². The van der Waals surface area contributed by atoms with Crippen LogP contribution >= 0.6 is 11.6 Å². The number of aromatic carboxylic acids is 1. The Morgan fingerprint density at radius 2 is 2.03 bits per heavy atom. The fourth-order valence-electron chi connectivity index (χ4n) is 3.81. The van der Waals surface area contributed by atoms with Gasteiger partial charge in [0.2, 0.25) is 0 Å². The van der Waals surface area contributed by atoms with E-state index in [-0.39, 0.29) is 41.0 Å². The molecule has 1 aliphatic carbocycles. The van der Waals surface area contributed by atoms with E-state index in [4.69, 9.17) is 11.6 Å². The molecule has 0 bridgehead atoms. The maximum absolute atomic E-state index is 13.7. The number of rotatable bonds is 7. The van der Waals surface area contributed by atoms with Crippen LogP contribution < -0.4 is 10.6 Å². The molecular weight excluding hydrogens is 466 g/mol. The van der Waals surface area contributed by atoms with Crippen molar-refractivity contribution in [1.29, 1.82) is 5.26 Å². The molecule has 3 aromatic rings. The lowest BCUT2D eigenvalue weighted by Gasteiger charge is -2.20. The molecule has 1 fully saturated rings. The van der Waals surface area contributed by atoms with Crippen LogP contribution in [0.25, 0.3) is 11.0 Å². The van der Waals surface area contributed by atoms with Gasteiger partial charge in [-0.3, -0.25) is 0 Å². The number of nitrogens with one attached hydrogen (secondary N) is 2. The molecule has 0 aliphatic heterocycles. The molecule has 0 spiro atoms. The molecule has 1 aromatic carbocycles. The van der Waals surface area contributed by atoms with E-state index < -0.39 is 23.3 Å². The highest BCUT2D eigenvalue weighted by Gasteiger charge is 2.67. The summed E-state index contributed by atoms with van der Waals surface area (Å²) < 4.78 is 27.3. The van der Waals surface area contributed by atoms with Gasteiger partial charge in [-0.05, 0) is 37.6 Å². The number of fused-ring (bicyclic) bond motifs is 1. The highest BCUT2D eigenvalue weighted by Crippen LogP contribution is 2.60. The molecule has 176 valence electrons. The number of hydrogen-bond acceptors (Lipinski definition) is 7. The summed E-state index contributed by atoms with van der Waals surface area (Å²) in [6, 6.07) is 8.17. The molecule has 11 heteroatoms. The Morgan fingerprint density at radius 3 is 2.65 bits per heavy atom. The standard InChI is InChI=1S/C23H21ClF2N6O2/c1-11-6-13(12(2)29-14-4-5-17(24)31-19(14)21(33)34)18-15(7-11)30-16(8-27)20(32-18)28-10-22(3)9-23(22,25)26/h4-7,12,29H,9-10H2,1-3H3,(H,28,32)(H,33,34). The Morgan fingerprint density at radius 1 is 1.32 bits per heavy atom. The second-order valence-electron chi connectivity index (χ2n) is 8.75. The summed E-state index contributed by atoms with van der Waals surface area (Å²) in [7, 11) is 0. The summed E-state index contributed by atoms with van der Waals surface area (Å²) in [4.78, 5) is 24.4. The smallest absolute Gasteiger partial charge is 0.356 e. The second-order valence-corrected chi connectivity index (χ2v) is 9.14. The fraction of sp³-hybridized carbons (Fsp3) is 0.348. The van der Waals surface area contributed by atoms with E-state index in [9.17, 15) is 23.9 Å². The number of alkyl halides is 2. The summed E-state index contributed by atoms with van der Waals surface area (Å²) in [6.07, 6.45) is -0.234. The lowest BCUT2D eigenvalue weighted by molar-refractivity contribution is 0.0690. The summed E-state index contributed by atoms with van der Waals surface area (Å²) in [6.45, 7) is 5.09. The number of aromatic nitrogens is 3. The maximum atomic E-state index is 13.7. The van der Waals surface area contributed by atoms with Gasteiger partial charge in [0.05, 0.1) is 28.2 Å². The molecule has 0 radical (unpaired) electrons. The van der Waals surface area contributed by atoms with E-state index >= 15 is 0 Å². The van der Waals surface area contributed by atoms with Gasteiger partial charge >= 0.3 is 5.97 Å². The molecule has 1 saturated carbocycles. The number of hydrogen-bond donors (Lipinski definition) is 3. The van der Waals surface area contributed by atoms with Crippen molar-refractivity contribution in [3.63, 3.8) is 0 Å². The minimum atomic E-state index is -2.76. The van der Waals surface area contributed by atoms with Crippen molar-refractivity contribution in [3.8, 4) is 6.07 Å². The number of carboxylic acid groups (broad SMARTS) is 1. The Labute approximate surface area is 199 Å². The molecule has 2 heterocycles. The predicted molar refractivity (Wildman–Crippen MR) is 123 cm³/mol. The molecular formula is C23H21ClF2N6O2. The van der Waals surface area contributed by atoms with Gasteiger partial charge in [0, 0.05) is 18.5 Å². The Hall–Kier alpha value is -3.58. The van der Waals surface area contributed by atoms with Crippen molar-refractivity contribution in [3.05, 3.63) is 51.9 Å². The average Bonchev–Trinajstić information content (AvgIpc) is 3.29. The van der Waals surface area contributed by atoms with E-state index in [1.54, 1.807) is 6.07 Å². The summed E-state index contributed by atoms with van der Waals surface area (Å²) in [5.41, 5.74) is 1.30. The quantitative estimate of drug-likeness (QED) is 0.390. The van der Waals surface area contributed by atoms with Crippen LogP contribution in [0.3, 0.4) is 0 Å². The van der Waals surface area contributed by atoms with Crippen LogP contribution in [-0.2, 0) is 0 Å². The van der Waals surface area contributed by atoms with Crippen LogP contribution in [-0.4, -0.2) is 38.5 Å². The van der Waals surface area contributed by atoms with E-state index in [2.05, 4.69) is 25.6 Å². The third-order valence-electron chi connectivity index (χ3n) is 5.97. The number of halogens is 3. The number of anilines is 2. The highest BCUT2D eigenvalue weighted by atomic mass is 35.5. The zero-order valence-electron chi connectivity index (χ0n) is 18.6. The van der Waals surface area contributed by atoms with E-state index in [0.29, 0.717) is 16.6 Å². The van der Waals surface area contributed by atoms with Gasteiger partial charge in [-0.25, -0.2) is 28.5 Å². The molecule has 2 atom stereocenters. The summed E-state index contributed by atoms with van der Waals surface area (Å²) >= 11 is 5.84. The van der Waals surface area contributed by atoms with Gasteiger partial charge in [0.1, 0.15) is 11.2 Å². The first kappa shape index (κ1) is 23.6. The maximum Gasteiger partial charge on any atom is 0.356 e.